The Labute approximate surface area is 122 Å². The lowest BCUT2D eigenvalue weighted by Crippen LogP contribution is -2.30. The number of hydrogen-bond acceptors (Lipinski definition) is 4. The molecular formula is C16H15NO4. The number of benzene rings is 2. The van der Waals surface area contributed by atoms with Crippen LogP contribution in [0.5, 0.6) is 5.75 Å². The number of hydrogen-bond donors (Lipinski definition) is 2. The Kier molecular flexibility index (Phi) is 4.23. The third-order valence-electron chi connectivity index (χ3n) is 3.01. The lowest BCUT2D eigenvalue weighted by atomic mass is 10.0. The molecule has 2 aromatic carbocycles. The molecule has 21 heavy (non-hydrogen) atoms. The molecule has 2 rings (SSSR count). The van der Waals surface area contributed by atoms with Crippen molar-refractivity contribution in [3.63, 3.8) is 0 Å². The first-order valence-corrected chi connectivity index (χ1v) is 6.37. The Morgan fingerprint density at radius 3 is 1.95 bits per heavy atom. The summed E-state index contributed by atoms with van der Waals surface area (Å²) in [6.07, 6.45) is -0.964. The molecule has 0 unspecified atom stereocenters. The summed E-state index contributed by atoms with van der Waals surface area (Å²) in [7, 11) is 0. The van der Waals surface area contributed by atoms with Crippen LogP contribution < -0.4 is 5.73 Å². The molecule has 0 saturated heterocycles. The number of carbonyl (C=O) groups is 2. The number of rotatable bonds is 4. The van der Waals surface area contributed by atoms with Gasteiger partial charge < -0.3 is 15.6 Å². The third kappa shape index (κ3) is 3.60. The van der Waals surface area contributed by atoms with E-state index in [9.17, 15) is 14.7 Å². The molecule has 3 N–H and O–H groups in total. The number of phenols is 1. The summed E-state index contributed by atoms with van der Waals surface area (Å²) < 4.78 is 4.91. The van der Waals surface area contributed by atoms with Crippen LogP contribution in [0.25, 0.3) is 11.1 Å². The predicted octanol–water partition coefficient (Wildman–Crippen LogP) is 2.09. The number of esters is 1. The van der Waals surface area contributed by atoms with E-state index in [4.69, 9.17) is 10.5 Å². The van der Waals surface area contributed by atoms with Crippen molar-refractivity contribution in [1.29, 1.82) is 0 Å². The molecule has 0 aromatic heterocycles. The summed E-state index contributed by atoms with van der Waals surface area (Å²) in [6.45, 7) is 1.42. The minimum atomic E-state index is -0.964. The molecule has 1 atom stereocenters. The fraction of sp³-hybridized carbons (Fsp3) is 0.125. The van der Waals surface area contributed by atoms with E-state index >= 15 is 0 Å². The first-order valence-electron chi connectivity index (χ1n) is 6.37. The van der Waals surface area contributed by atoms with Gasteiger partial charge in [0.25, 0.3) is 5.91 Å². The number of aromatic hydroxyl groups is 1. The van der Waals surface area contributed by atoms with Crippen molar-refractivity contribution in [2.24, 2.45) is 5.73 Å². The number of amides is 1. The van der Waals surface area contributed by atoms with Crippen LogP contribution in [-0.2, 0) is 9.53 Å². The predicted molar refractivity (Wildman–Crippen MR) is 77.6 cm³/mol. The molecule has 108 valence electrons. The highest BCUT2D eigenvalue weighted by atomic mass is 16.5. The second-order valence-electron chi connectivity index (χ2n) is 4.57. The maximum Gasteiger partial charge on any atom is 0.338 e. The minimum absolute atomic E-state index is 0.194. The van der Waals surface area contributed by atoms with Crippen molar-refractivity contribution < 1.29 is 19.4 Å². The molecule has 0 bridgehead atoms. The number of ether oxygens (including phenoxy) is 1. The lowest BCUT2D eigenvalue weighted by Gasteiger charge is -2.10. The van der Waals surface area contributed by atoms with Crippen LogP contribution in [0.15, 0.2) is 48.5 Å². The first-order chi connectivity index (χ1) is 9.97. The normalized spacial score (nSPS) is 11.7. The van der Waals surface area contributed by atoms with Crippen LogP contribution in [-0.4, -0.2) is 23.1 Å². The fourth-order valence-electron chi connectivity index (χ4n) is 1.74. The molecule has 0 fully saturated rings. The molecule has 0 spiro atoms. The Morgan fingerprint density at radius 1 is 1.00 bits per heavy atom. The van der Waals surface area contributed by atoms with Gasteiger partial charge in [-0.1, -0.05) is 24.3 Å². The van der Waals surface area contributed by atoms with Gasteiger partial charge in [-0.15, -0.1) is 0 Å². The Bertz CT molecular complexity index is 647. The number of primary amides is 1. The van der Waals surface area contributed by atoms with E-state index in [1.165, 1.54) is 6.92 Å². The van der Waals surface area contributed by atoms with Gasteiger partial charge in [0.05, 0.1) is 5.56 Å². The molecule has 0 saturated carbocycles. The molecule has 2 aromatic rings. The van der Waals surface area contributed by atoms with Crippen LogP contribution in [0, 0.1) is 0 Å². The number of nitrogens with two attached hydrogens (primary N) is 1. The zero-order valence-electron chi connectivity index (χ0n) is 11.4. The standard InChI is InChI=1S/C16H15NO4/c1-10(15(17)19)21-16(20)13-4-2-11(3-5-13)12-6-8-14(18)9-7-12/h2-10,18H,1H3,(H2,17,19)/t10-/m0/s1. The number of phenolic OH excluding ortho intramolecular Hbond substituents is 1. The van der Waals surface area contributed by atoms with Gasteiger partial charge in [-0.05, 0) is 42.3 Å². The van der Waals surface area contributed by atoms with Crippen molar-refractivity contribution in [3.8, 4) is 16.9 Å². The van der Waals surface area contributed by atoms with Gasteiger partial charge >= 0.3 is 5.97 Å². The fourth-order valence-corrected chi connectivity index (χ4v) is 1.74. The Balaban J connectivity index is 2.13. The van der Waals surface area contributed by atoms with Gasteiger partial charge in [-0.25, -0.2) is 4.79 Å². The quantitative estimate of drug-likeness (QED) is 0.842. The summed E-state index contributed by atoms with van der Waals surface area (Å²) in [4.78, 5) is 22.6. The monoisotopic (exact) mass is 285 g/mol. The highest BCUT2D eigenvalue weighted by molar-refractivity contribution is 5.92. The summed E-state index contributed by atoms with van der Waals surface area (Å²) in [5.41, 5.74) is 7.19. The molecule has 5 nitrogen and oxygen atoms in total. The summed E-state index contributed by atoms with van der Waals surface area (Å²) in [5, 5.41) is 9.25. The molecule has 0 aliphatic rings. The molecule has 0 heterocycles. The number of carbonyl (C=O) groups excluding carboxylic acids is 2. The van der Waals surface area contributed by atoms with Crippen LogP contribution >= 0.6 is 0 Å². The molecule has 1 amide bonds. The zero-order chi connectivity index (χ0) is 15.4. The van der Waals surface area contributed by atoms with Gasteiger partial charge in [0.15, 0.2) is 6.10 Å². The Hall–Kier alpha value is -2.82. The van der Waals surface area contributed by atoms with E-state index in [1.54, 1.807) is 48.5 Å². The van der Waals surface area contributed by atoms with Gasteiger partial charge in [0.1, 0.15) is 5.75 Å². The zero-order valence-corrected chi connectivity index (χ0v) is 11.4. The minimum Gasteiger partial charge on any atom is -0.508 e. The smallest absolute Gasteiger partial charge is 0.338 e. The van der Waals surface area contributed by atoms with Gasteiger partial charge in [-0.2, -0.15) is 0 Å². The highest BCUT2D eigenvalue weighted by Gasteiger charge is 2.15. The largest absolute Gasteiger partial charge is 0.508 e. The van der Waals surface area contributed by atoms with Gasteiger partial charge in [0.2, 0.25) is 0 Å². The van der Waals surface area contributed by atoms with E-state index in [-0.39, 0.29) is 5.75 Å². The maximum atomic E-state index is 11.8. The van der Waals surface area contributed by atoms with Crippen molar-refractivity contribution >= 4 is 11.9 Å². The SMILES string of the molecule is C[C@H](OC(=O)c1ccc(-c2ccc(O)cc2)cc1)C(N)=O. The third-order valence-corrected chi connectivity index (χ3v) is 3.01. The van der Waals surface area contributed by atoms with E-state index in [0.29, 0.717) is 5.56 Å². The van der Waals surface area contributed by atoms with Crippen molar-refractivity contribution in [2.75, 3.05) is 0 Å². The second-order valence-corrected chi connectivity index (χ2v) is 4.57. The first kappa shape index (κ1) is 14.6. The van der Waals surface area contributed by atoms with E-state index in [0.717, 1.165) is 11.1 Å². The van der Waals surface area contributed by atoms with Crippen LogP contribution in [0.2, 0.25) is 0 Å². The van der Waals surface area contributed by atoms with Crippen LogP contribution in [0.1, 0.15) is 17.3 Å². The molecular weight excluding hydrogens is 270 g/mol. The van der Waals surface area contributed by atoms with Crippen molar-refractivity contribution in [2.45, 2.75) is 13.0 Å². The molecule has 0 aliphatic carbocycles. The van der Waals surface area contributed by atoms with Crippen LogP contribution in [0.3, 0.4) is 0 Å². The second kappa shape index (κ2) is 6.09. The molecule has 0 radical (unpaired) electrons. The average molecular weight is 285 g/mol. The van der Waals surface area contributed by atoms with Gasteiger partial charge in [-0.3, -0.25) is 4.79 Å². The van der Waals surface area contributed by atoms with Crippen LogP contribution in [0.4, 0.5) is 0 Å². The van der Waals surface area contributed by atoms with E-state index in [2.05, 4.69) is 0 Å². The average Bonchev–Trinajstić information content (AvgIpc) is 2.48. The van der Waals surface area contributed by atoms with E-state index in [1.807, 2.05) is 0 Å². The summed E-state index contributed by atoms with van der Waals surface area (Å²) in [5.74, 6) is -1.10. The molecule has 0 aliphatic heterocycles. The van der Waals surface area contributed by atoms with Gasteiger partial charge in [0, 0.05) is 0 Å². The highest BCUT2D eigenvalue weighted by Crippen LogP contribution is 2.22. The van der Waals surface area contributed by atoms with E-state index < -0.39 is 18.0 Å². The maximum absolute atomic E-state index is 11.8. The van der Waals surface area contributed by atoms with Crippen molar-refractivity contribution in [1.82, 2.24) is 0 Å². The summed E-state index contributed by atoms with van der Waals surface area (Å²) in [6, 6.07) is 13.5. The lowest BCUT2D eigenvalue weighted by molar-refractivity contribution is -0.125. The molecule has 5 heteroatoms. The Morgan fingerprint density at radius 2 is 1.48 bits per heavy atom. The summed E-state index contributed by atoms with van der Waals surface area (Å²) >= 11 is 0. The topological polar surface area (TPSA) is 89.6 Å². The van der Waals surface area contributed by atoms with Crippen molar-refractivity contribution in [3.05, 3.63) is 54.1 Å².